The van der Waals surface area contributed by atoms with Gasteiger partial charge in [0.2, 0.25) is 0 Å². The predicted octanol–water partition coefficient (Wildman–Crippen LogP) is 2.61. The lowest BCUT2D eigenvalue weighted by Gasteiger charge is -2.14. The fourth-order valence-corrected chi connectivity index (χ4v) is 2.99. The predicted molar refractivity (Wildman–Crippen MR) is 77.9 cm³/mol. The quantitative estimate of drug-likeness (QED) is 0.532. The minimum absolute atomic E-state index is 0.0638. The number of nitrogens with one attached hydrogen (secondary N) is 1. The van der Waals surface area contributed by atoms with Crippen LogP contribution in [0.4, 0.5) is 5.69 Å². The Morgan fingerprint density at radius 1 is 1.48 bits per heavy atom. The Balaban J connectivity index is 2.07. The van der Waals surface area contributed by atoms with Gasteiger partial charge in [0.25, 0.3) is 0 Å². The number of hydrogen-bond donors (Lipinski definition) is 1. The van der Waals surface area contributed by atoms with Gasteiger partial charge in [-0.15, -0.1) is 0 Å². The third kappa shape index (κ3) is 2.17. The molecule has 0 unspecified atom stereocenters. The van der Waals surface area contributed by atoms with Gasteiger partial charge in [0.15, 0.2) is 10.6 Å². The molecule has 21 heavy (non-hydrogen) atoms. The number of hydrogen-bond acceptors (Lipinski definition) is 5. The summed E-state index contributed by atoms with van der Waals surface area (Å²) in [6.45, 7) is 5.27. The molecule has 2 aromatic rings. The first kappa shape index (κ1) is 13.9. The number of nitro groups is 1. The molecule has 1 atom stereocenters. The van der Waals surface area contributed by atoms with Crippen LogP contribution in [-0.4, -0.2) is 29.5 Å². The second kappa shape index (κ2) is 4.76. The minimum atomic E-state index is -0.390. The largest absolute Gasteiger partial charge is 0.312 e. The average Bonchev–Trinajstić information content (AvgIpc) is 3.10. The Hall–Kier alpha value is -2.03. The highest BCUT2D eigenvalue weighted by molar-refractivity contribution is 7.71. The summed E-state index contributed by atoms with van der Waals surface area (Å²) in [4.78, 5) is 10.7. The smallest absolute Gasteiger partial charge is 0.299 e. The summed E-state index contributed by atoms with van der Waals surface area (Å²) in [5, 5.41) is 22.5. The normalized spacial score (nSPS) is 16.1. The van der Waals surface area contributed by atoms with Crippen molar-refractivity contribution in [3.8, 4) is 0 Å². The van der Waals surface area contributed by atoms with Gasteiger partial charge in [0.05, 0.1) is 4.92 Å². The Kier molecular flexibility index (Phi) is 3.16. The van der Waals surface area contributed by atoms with Crippen molar-refractivity contribution >= 4 is 17.9 Å². The zero-order valence-corrected chi connectivity index (χ0v) is 12.8. The first-order valence-electron chi connectivity index (χ1n) is 6.78. The minimum Gasteiger partial charge on any atom is -0.299 e. The summed E-state index contributed by atoms with van der Waals surface area (Å²) in [6, 6.07) is 0.173. The summed E-state index contributed by atoms with van der Waals surface area (Å²) in [7, 11) is 0. The fraction of sp³-hybridized carbons (Fsp3) is 0.583. The van der Waals surface area contributed by atoms with E-state index in [1.807, 2.05) is 11.5 Å². The first-order valence-corrected chi connectivity index (χ1v) is 7.19. The molecule has 3 rings (SSSR count). The summed E-state index contributed by atoms with van der Waals surface area (Å²) in [5.74, 6) is 0.767. The number of aromatic amines is 1. The Morgan fingerprint density at radius 3 is 2.67 bits per heavy atom. The molecule has 1 aliphatic carbocycles. The van der Waals surface area contributed by atoms with Gasteiger partial charge in [-0.2, -0.15) is 10.2 Å². The first-order chi connectivity index (χ1) is 9.91. The highest BCUT2D eigenvalue weighted by Gasteiger charge is 2.31. The van der Waals surface area contributed by atoms with Crippen LogP contribution in [0.1, 0.15) is 49.1 Å². The number of aromatic nitrogens is 5. The van der Waals surface area contributed by atoms with Gasteiger partial charge in [0, 0.05) is 6.04 Å². The number of nitrogens with zero attached hydrogens (tertiary/aromatic N) is 5. The molecule has 112 valence electrons. The van der Waals surface area contributed by atoms with E-state index >= 15 is 0 Å². The molecule has 0 bridgehead atoms. The monoisotopic (exact) mass is 308 g/mol. The lowest BCUT2D eigenvalue weighted by atomic mass is 10.3. The third-order valence-electron chi connectivity index (χ3n) is 3.85. The molecule has 1 saturated carbocycles. The van der Waals surface area contributed by atoms with E-state index in [9.17, 15) is 10.1 Å². The molecule has 0 aromatic carbocycles. The van der Waals surface area contributed by atoms with Crippen LogP contribution < -0.4 is 0 Å². The van der Waals surface area contributed by atoms with Crippen LogP contribution in [0.15, 0.2) is 0 Å². The van der Waals surface area contributed by atoms with E-state index in [0.29, 0.717) is 22.2 Å². The second-order valence-electron chi connectivity index (χ2n) is 5.39. The summed E-state index contributed by atoms with van der Waals surface area (Å²) >= 11 is 5.27. The molecule has 1 fully saturated rings. The molecule has 8 nitrogen and oxygen atoms in total. The van der Waals surface area contributed by atoms with Crippen LogP contribution in [0.2, 0.25) is 0 Å². The zero-order valence-electron chi connectivity index (χ0n) is 12.0. The van der Waals surface area contributed by atoms with Gasteiger partial charge in [-0.05, 0) is 45.8 Å². The van der Waals surface area contributed by atoms with E-state index in [4.69, 9.17) is 12.2 Å². The maximum atomic E-state index is 11.1. The number of rotatable bonds is 4. The van der Waals surface area contributed by atoms with Crippen LogP contribution >= 0.6 is 12.2 Å². The fourth-order valence-electron chi connectivity index (χ4n) is 2.70. The summed E-state index contributed by atoms with van der Waals surface area (Å²) in [5.41, 5.74) is 1.01. The lowest BCUT2D eigenvalue weighted by molar-refractivity contribution is -0.386. The Labute approximate surface area is 125 Å². The molecule has 1 aliphatic rings. The van der Waals surface area contributed by atoms with E-state index in [0.717, 1.165) is 18.7 Å². The molecule has 2 heterocycles. The van der Waals surface area contributed by atoms with Gasteiger partial charge in [-0.1, -0.05) is 0 Å². The van der Waals surface area contributed by atoms with Gasteiger partial charge in [0.1, 0.15) is 17.4 Å². The second-order valence-corrected chi connectivity index (χ2v) is 5.77. The van der Waals surface area contributed by atoms with Crippen LogP contribution in [0.3, 0.4) is 0 Å². The van der Waals surface area contributed by atoms with Gasteiger partial charge >= 0.3 is 5.69 Å². The molecule has 0 radical (unpaired) electrons. The highest BCUT2D eigenvalue weighted by atomic mass is 32.1. The van der Waals surface area contributed by atoms with Crippen molar-refractivity contribution in [2.75, 3.05) is 0 Å². The van der Waals surface area contributed by atoms with Crippen LogP contribution in [0.5, 0.6) is 0 Å². The molecular formula is C12H16N6O2S. The van der Waals surface area contributed by atoms with E-state index < -0.39 is 0 Å². The van der Waals surface area contributed by atoms with Crippen LogP contribution in [-0.2, 0) is 0 Å². The molecular weight excluding hydrogens is 292 g/mol. The Morgan fingerprint density at radius 2 is 2.14 bits per heavy atom. The van der Waals surface area contributed by atoms with Gasteiger partial charge in [-0.3, -0.25) is 24.5 Å². The molecule has 2 aromatic heterocycles. The highest BCUT2D eigenvalue weighted by Crippen LogP contribution is 2.37. The molecule has 0 amide bonds. The van der Waals surface area contributed by atoms with E-state index in [1.54, 1.807) is 18.5 Å². The molecule has 0 saturated heterocycles. The summed E-state index contributed by atoms with van der Waals surface area (Å²) < 4.78 is 4.25. The van der Waals surface area contributed by atoms with Gasteiger partial charge < -0.3 is 0 Å². The van der Waals surface area contributed by atoms with Crippen molar-refractivity contribution in [2.24, 2.45) is 0 Å². The number of aryl methyl sites for hydroxylation is 1. The maximum absolute atomic E-state index is 11.1. The lowest BCUT2D eigenvalue weighted by Crippen LogP contribution is -2.16. The van der Waals surface area contributed by atoms with Crippen LogP contribution in [0, 0.1) is 28.7 Å². The van der Waals surface area contributed by atoms with Crippen LogP contribution in [0.25, 0.3) is 0 Å². The van der Waals surface area contributed by atoms with Crippen molar-refractivity contribution in [1.29, 1.82) is 0 Å². The average molecular weight is 308 g/mol. The molecule has 0 spiro atoms. The number of H-pyrrole nitrogens is 1. The molecule has 0 aliphatic heterocycles. The van der Waals surface area contributed by atoms with Crippen molar-refractivity contribution < 1.29 is 4.92 Å². The SMILES string of the molecule is Cc1nn([C@@H](C)c2n[nH]c(=S)n2C2CC2)c(C)c1[N+](=O)[O-]. The Bertz CT molecular complexity index is 769. The summed E-state index contributed by atoms with van der Waals surface area (Å²) in [6.07, 6.45) is 2.18. The zero-order chi connectivity index (χ0) is 15.3. The standard InChI is InChI=1S/C12H16N6O2S/c1-6-10(18(19)20)7(2)17(15-6)8(3)11-13-14-12(21)16(11)9-4-5-9/h8-9H,4-5H2,1-3H3,(H,14,21)/t8-/m0/s1. The topological polar surface area (TPSA) is 94.6 Å². The third-order valence-corrected chi connectivity index (χ3v) is 4.14. The van der Waals surface area contributed by atoms with Crippen molar-refractivity contribution in [2.45, 2.75) is 45.7 Å². The van der Waals surface area contributed by atoms with E-state index in [-0.39, 0.29) is 16.7 Å². The molecule has 9 heteroatoms. The van der Waals surface area contributed by atoms with Gasteiger partial charge in [-0.25, -0.2) is 0 Å². The van der Waals surface area contributed by atoms with E-state index in [1.165, 1.54) is 0 Å². The van der Waals surface area contributed by atoms with Crippen molar-refractivity contribution in [3.63, 3.8) is 0 Å². The molecule has 1 N–H and O–H groups in total. The maximum Gasteiger partial charge on any atom is 0.312 e. The van der Waals surface area contributed by atoms with E-state index in [2.05, 4.69) is 15.3 Å². The van der Waals surface area contributed by atoms with Crippen molar-refractivity contribution in [1.82, 2.24) is 24.5 Å². The van der Waals surface area contributed by atoms with Crippen molar-refractivity contribution in [3.05, 3.63) is 32.1 Å².